The minimum Gasteiger partial charge on any atom is -0.368 e. The molecule has 8 atom stereocenters. The smallest absolute Gasteiger partial charge is 0.223 e. The van der Waals surface area contributed by atoms with Gasteiger partial charge in [0.05, 0.1) is 18.5 Å². The Balaban J connectivity index is 0.000000222. The molecule has 2 aromatic heterocycles. The Morgan fingerprint density at radius 1 is 1.09 bits per heavy atom. The number of nitrogen functional groups attached to an aromatic ring is 1. The Labute approximate surface area is 200 Å². The minimum atomic E-state index is -1.54. The van der Waals surface area contributed by atoms with Crippen molar-refractivity contribution in [2.24, 2.45) is 11.8 Å². The highest BCUT2D eigenvalue weighted by Crippen LogP contribution is 2.47. The summed E-state index contributed by atoms with van der Waals surface area (Å²) in [5, 5.41) is -0.287. The van der Waals surface area contributed by atoms with Crippen LogP contribution in [0.2, 0.25) is 5.15 Å². The molecule has 2 fully saturated rings. The van der Waals surface area contributed by atoms with Crippen LogP contribution < -0.4 is 5.73 Å². The van der Waals surface area contributed by atoms with Crippen molar-refractivity contribution >= 4 is 44.6 Å². The SMILES string of the molecule is CC[C@H]1O[C@@H](n2cnc3c(Cl)nc(N)nc32)[C@](C)(F)[C@@H]1C.CC[C@H]1O[C@H](Br)[C@](C)(F)[C@@H]1C. The molecule has 4 heterocycles. The highest BCUT2D eigenvalue weighted by atomic mass is 79.9. The van der Waals surface area contributed by atoms with Crippen LogP contribution in [0.15, 0.2) is 6.33 Å². The zero-order valence-corrected chi connectivity index (χ0v) is 21.5. The normalized spacial score (nSPS) is 39.3. The number of alkyl halides is 3. The maximum absolute atomic E-state index is 15.1. The van der Waals surface area contributed by atoms with Crippen molar-refractivity contribution in [1.29, 1.82) is 0 Å². The average Bonchev–Trinajstić information content (AvgIpc) is 3.30. The molecule has 0 amide bonds. The molecule has 2 saturated heterocycles. The number of hydrogen-bond acceptors (Lipinski definition) is 6. The van der Waals surface area contributed by atoms with Gasteiger partial charge in [0.15, 0.2) is 22.7 Å². The third-order valence-electron chi connectivity index (χ3n) is 6.87. The summed E-state index contributed by atoms with van der Waals surface area (Å²) in [6, 6.07) is 0. The summed E-state index contributed by atoms with van der Waals surface area (Å²) in [5.74, 6) is -0.232. The first kappa shape index (κ1) is 25.5. The lowest BCUT2D eigenvalue weighted by Crippen LogP contribution is -2.33. The Hall–Kier alpha value is -1.10. The molecule has 180 valence electrons. The summed E-state index contributed by atoms with van der Waals surface area (Å²) in [6.07, 6.45) is 2.18. The van der Waals surface area contributed by atoms with Gasteiger partial charge in [0.1, 0.15) is 16.2 Å². The molecule has 11 heteroatoms. The number of ether oxygens (including phenoxy) is 2. The van der Waals surface area contributed by atoms with E-state index in [2.05, 4.69) is 30.9 Å². The average molecular weight is 539 g/mol. The zero-order valence-electron chi connectivity index (χ0n) is 19.2. The lowest BCUT2D eigenvalue weighted by Gasteiger charge is -2.25. The van der Waals surface area contributed by atoms with Crippen molar-refractivity contribution in [3.63, 3.8) is 0 Å². The van der Waals surface area contributed by atoms with Crippen LogP contribution in [0, 0.1) is 11.8 Å². The summed E-state index contributed by atoms with van der Waals surface area (Å²) in [6.45, 7) is 10.9. The van der Waals surface area contributed by atoms with Crippen molar-refractivity contribution < 1.29 is 18.3 Å². The minimum absolute atomic E-state index is 0.0168. The van der Waals surface area contributed by atoms with Gasteiger partial charge in [0.2, 0.25) is 5.95 Å². The molecule has 0 bridgehead atoms. The number of nitrogens with zero attached hydrogens (tertiary/aromatic N) is 4. The zero-order chi connectivity index (χ0) is 24.0. The van der Waals surface area contributed by atoms with E-state index in [0.717, 1.165) is 12.8 Å². The van der Waals surface area contributed by atoms with Gasteiger partial charge in [-0.2, -0.15) is 9.97 Å². The summed E-state index contributed by atoms with van der Waals surface area (Å²) >= 11 is 9.18. The molecule has 0 aliphatic carbocycles. The summed E-state index contributed by atoms with van der Waals surface area (Å²) in [5.41, 5.74) is 3.62. The maximum Gasteiger partial charge on any atom is 0.223 e. The van der Waals surface area contributed by atoms with Gasteiger partial charge in [0, 0.05) is 11.8 Å². The molecular weight excluding hydrogens is 508 g/mol. The van der Waals surface area contributed by atoms with E-state index in [1.165, 1.54) is 13.3 Å². The van der Waals surface area contributed by atoms with Gasteiger partial charge in [-0.15, -0.1) is 0 Å². The molecular formula is C21H31BrClF2N5O2. The van der Waals surface area contributed by atoms with E-state index in [0.29, 0.717) is 11.2 Å². The Morgan fingerprint density at radius 2 is 1.66 bits per heavy atom. The lowest BCUT2D eigenvalue weighted by molar-refractivity contribution is -0.0450. The van der Waals surface area contributed by atoms with Gasteiger partial charge >= 0.3 is 0 Å². The van der Waals surface area contributed by atoms with Crippen molar-refractivity contribution in [1.82, 2.24) is 19.5 Å². The molecule has 0 unspecified atom stereocenters. The third-order valence-corrected chi connectivity index (χ3v) is 8.25. The van der Waals surface area contributed by atoms with E-state index in [9.17, 15) is 4.39 Å². The molecule has 0 aromatic carbocycles. The van der Waals surface area contributed by atoms with E-state index in [-0.39, 0.29) is 35.1 Å². The standard InChI is InChI=1S/C13H17ClFN5O.C8H14BrFO/c1-4-7-6(2)13(3,15)11(21-7)20-5-17-8-9(14)18-12(16)19-10(8)20;1-4-6-5(2)8(3,10)7(9)11-6/h5-7,11H,4H2,1-3H3,(H2,16,18,19);5-7H,4H2,1-3H3/t6-,7-,11-,13-;5-,6-,7+,8-/m11/s1. The van der Waals surface area contributed by atoms with Gasteiger partial charge in [-0.25, -0.2) is 13.8 Å². The predicted octanol–water partition coefficient (Wildman–Crippen LogP) is 5.61. The highest BCUT2D eigenvalue weighted by molar-refractivity contribution is 9.09. The van der Waals surface area contributed by atoms with E-state index in [4.69, 9.17) is 26.8 Å². The molecule has 2 aromatic rings. The summed E-state index contributed by atoms with van der Waals surface area (Å²) in [7, 11) is 0. The van der Waals surface area contributed by atoms with E-state index in [1.807, 2.05) is 27.7 Å². The molecule has 2 N–H and O–H groups in total. The number of fused-ring (bicyclic) bond motifs is 1. The summed E-state index contributed by atoms with van der Waals surface area (Å²) in [4.78, 5) is 12.1. The van der Waals surface area contributed by atoms with Crippen LogP contribution in [0.5, 0.6) is 0 Å². The number of halogens is 4. The second kappa shape index (κ2) is 9.27. The molecule has 0 radical (unpaired) electrons. The molecule has 4 rings (SSSR count). The molecule has 0 saturated carbocycles. The first-order valence-corrected chi connectivity index (χ1v) is 12.1. The van der Waals surface area contributed by atoms with Crippen molar-refractivity contribution in [3.05, 3.63) is 11.5 Å². The fourth-order valence-electron chi connectivity index (χ4n) is 4.29. The first-order chi connectivity index (χ1) is 14.9. The van der Waals surface area contributed by atoms with E-state index < -0.39 is 22.6 Å². The van der Waals surface area contributed by atoms with Gasteiger partial charge in [-0.1, -0.05) is 55.2 Å². The Kier molecular flexibility index (Phi) is 7.39. The Morgan fingerprint density at radius 3 is 2.12 bits per heavy atom. The van der Waals surface area contributed by atoms with Crippen molar-refractivity contribution in [3.8, 4) is 0 Å². The van der Waals surface area contributed by atoms with Gasteiger partial charge < -0.3 is 15.2 Å². The second-order valence-electron chi connectivity index (χ2n) is 8.91. The number of rotatable bonds is 3. The van der Waals surface area contributed by atoms with E-state index in [1.54, 1.807) is 11.5 Å². The van der Waals surface area contributed by atoms with E-state index >= 15 is 4.39 Å². The molecule has 2 aliphatic heterocycles. The topological polar surface area (TPSA) is 88.1 Å². The number of imidazole rings is 1. The van der Waals surface area contributed by atoms with Gasteiger partial charge in [0.25, 0.3) is 0 Å². The van der Waals surface area contributed by atoms with Crippen LogP contribution in [0.1, 0.15) is 60.6 Å². The van der Waals surface area contributed by atoms with Crippen molar-refractivity contribution in [2.45, 2.75) is 89.2 Å². The van der Waals surface area contributed by atoms with Crippen LogP contribution in [0.3, 0.4) is 0 Å². The number of aromatic nitrogens is 4. The molecule has 0 spiro atoms. The molecule has 2 aliphatic rings. The highest BCUT2D eigenvalue weighted by Gasteiger charge is 2.53. The van der Waals surface area contributed by atoms with Crippen molar-refractivity contribution in [2.75, 3.05) is 5.73 Å². The fourth-order valence-corrected chi connectivity index (χ4v) is 5.20. The number of hydrogen-bond donors (Lipinski definition) is 1. The monoisotopic (exact) mass is 537 g/mol. The quantitative estimate of drug-likeness (QED) is 0.403. The lowest BCUT2D eigenvalue weighted by atomic mass is 9.88. The summed E-state index contributed by atoms with van der Waals surface area (Å²) < 4.78 is 41.6. The van der Waals surface area contributed by atoms with Crippen LogP contribution in [-0.2, 0) is 9.47 Å². The Bertz CT molecular complexity index is 960. The van der Waals surface area contributed by atoms with Crippen LogP contribution in [0.25, 0.3) is 11.2 Å². The number of nitrogens with two attached hydrogens (primary N) is 1. The predicted molar refractivity (Wildman–Crippen MR) is 124 cm³/mol. The number of anilines is 1. The second-order valence-corrected chi connectivity index (χ2v) is 10.1. The molecule has 7 nitrogen and oxygen atoms in total. The largest absolute Gasteiger partial charge is 0.368 e. The van der Waals surface area contributed by atoms with Crippen LogP contribution in [0.4, 0.5) is 14.7 Å². The van der Waals surface area contributed by atoms with Gasteiger partial charge in [-0.3, -0.25) is 4.57 Å². The van der Waals surface area contributed by atoms with Crippen LogP contribution in [-0.4, -0.2) is 48.1 Å². The van der Waals surface area contributed by atoms with Crippen LogP contribution >= 0.6 is 27.5 Å². The molecule has 32 heavy (non-hydrogen) atoms. The third kappa shape index (κ3) is 4.35. The van der Waals surface area contributed by atoms with Gasteiger partial charge in [-0.05, 0) is 26.7 Å². The fraction of sp³-hybridized carbons (Fsp3) is 0.762. The maximum atomic E-state index is 15.1. The first-order valence-electron chi connectivity index (χ1n) is 10.8.